The van der Waals surface area contributed by atoms with Gasteiger partial charge in [0.15, 0.2) is 0 Å². The number of hydrogen-bond donors (Lipinski definition) is 1. The van der Waals surface area contributed by atoms with Gasteiger partial charge in [-0.05, 0) is 37.7 Å². The minimum atomic E-state index is 0.0320. The van der Waals surface area contributed by atoms with Gasteiger partial charge in [-0.25, -0.2) is 4.79 Å². The highest BCUT2D eigenvalue weighted by Crippen LogP contribution is 2.28. The summed E-state index contributed by atoms with van der Waals surface area (Å²) in [4.78, 5) is 14.5. The Morgan fingerprint density at radius 1 is 1.38 bits per heavy atom. The molecule has 0 spiro atoms. The van der Waals surface area contributed by atoms with E-state index in [1.165, 1.54) is 5.56 Å². The number of benzene rings is 1. The highest BCUT2D eigenvalue weighted by molar-refractivity contribution is 5.74. The molecule has 1 saturated heterocycles. The SMILES string of the molecule is CCN(CC1CCOC1)C(=O)NC(C)CC(C)(C)c1ccccc1. The molecule has 0 aliphatic carbocycles. The first-order valence-corrected chi connectivity index (χ1v) is 9.11. The fourth-order valence-corrected chi connectivity index (χ4v) is 3.52. The molecule has 0 radical (unpaired) electrons. The fourth-order valence-electron chi connectivity index (χ4n) is 3.52. The van der Waals surface area contributed by atoms with Crippen LogP contribution in [0.2, 0.25) is 0 Å². The number of nitrogens with zero attached hydrogens (tertiary/aromatic N) is 1. The molecule has 1 fully saturated rings. The molecule has 0 aromatic heterocycles. The van der Waals surface area contributed by atoms with Crippen molar-refractivity contribution in [1.82, 2.24) is 10.2 Å². The van der Waals surface area contributed by atoms with Gasteiger partial charge in [-0.3, -0.25) is 0 Å². The van der Waals surface area contributed by atoms with E-state index in [9.17, 15) is 4.79 Å². The quantitative estimate of drug-likeness (QED) is 0.825. The van der Waals surface area contributed by atoms with Gasteiger partial charge in [0, 0.05) is 31.7 Å². The van der Waals surface area contributed by atoms with Crippen LogP contribution in [0.1, 0.15) is 46.1 Å². The molecule has 1 aromatic rings. The molecule has 2 unspecified atom stereocenters. The summed E-state index contributed by atoms with van der Waals surface area (Å²) in [5.74, 6) is 0.478. The van der Waals surface area contributed by atoms with Crippen molar-refractivity contribution in [2.75, 3.05) is 26.3 Å². The molecule has 1 aromatic carbocycles. The number of urea groups is 1. The lowest BCUT2D eigenvalue weighted by Gasteiger charge is -2.31. The summed E-state index contributed by atoms with van der Waals surface area (Å²) >= 11 is 0. The van der Waals surface area contributed by atoms with E-state index in [2.05, 4.69) is 50.4 Å². The standard InChI is InChI=1S/C20H32N2O2/c1-5-22(14-17-11-12-24-15-17)19(23)21-16(2)13-20(3,4)18-9-7-6-8-10-18/h6-10,16-17H,5,11-15H2,1-4H3,(H,21,23). The van der Waals surface area contributed by atoms with Crippen LogP contribution in [-0.4, -0.2) is 43.3 Å². The van der Waals surface area contributed by atoms with E-state index < -0.39 is 0 Å². The topological polar surface area (TPSA) is 41.6 Å². The van der Waals surface area contributed by atoms with E-state index in [0.717, 1.165) is 39.1 Å². The van der Waals surface area contributed by atoms with Crippen molar-refractivity contribution in [1.29, 1.82) is 0 Å². The molecular formula is C20H32N2O2. The summed E-state index contributed by atoms with van der Waals surface area (Å²) in [6, 6.07) is 10.7. The number of carbonyl (C=O) groups is 1. The summed E-state index contributed by atoms with van der Waals surface area (Å²) in [6.07, 6.45) is 1.97. The van der Waals surface area contributed by atoms with Gasteiger partial charge in [0.05, 0.1) is 6.61 Å². The molecule has 1 aliphatic rings. The van der Waals surface area contributed by atoms with Crippen molar-refractivity contribution in [3.05, 3.63) is 35.9 Å². The molecule has 134 valence electrons. The lowest BCUT2D eigenvalue weighted by molar-refractivity contribution is 0.164. The van der Waals surface area contributed by atoms with Crippen LogP contribution in [0.3, 0.4) is 0 Å². The monoisotopic (exact) mass is 332 g/mol. The highest BCUT2D eigenvalue weighted by Gasteiger charge is 2.26. The Morgan fingerprint density at radius 2 is 2.08 bits per heavy atom. The first kappa shape index (κ1) is 18.8. The maximum Gasteiger partial charge on any atom is 0.317 e. The average Bonchev–Trinajstić information content (AvgIpc) is 3.05. The van der Waals surface area contributed by atoms with Crippen LogP contribution in [-0.2, 0) is 10.2 Å². The van der Waals surface area contributed by atoms with Crippen molar-refractivity contribution >= 4 is 6.03 Å². The smallest absolute Gasteiger partial charge is 0.317 e. The number of ether oxygens (including phenoxy) is 1. The second kappa shape index (κ2) is 8.52. The van der Waals surface area contributed by atoms with E-state index >= 15 is 0 Å². The number of carbonyl (C=O) groups excluding carboxylic acids is 1. The Kier molecular flexibility index (Phi) is 6.67. The number of hydrogen-bond acceptors (Lipinski definition) is 2. The summed E-state index contributed by atoms with van der Waals surface area (Å²) < 4.78 is 5.42. The molecule has 0 bridgehead atoms. The van der Waals surface area contributed by atoms with Crippen LogP contribution in [0, 0.1) is 5.92 Å². The Labute approximate surface area is 146 Å². The molecule has 2 rings (SSSR count). The summed E-state index contributed by atoms with van der Waals surface area (Å²) in [6.45, 7) is 11.7. The zero-order valence-corrected chi connectivity index (χ0v) is 15.5. The molecule has 4 nitrogen and oxygen atoms in total. The van der Waals surface area contributed by atoms with Gasteiger partial charge in [0.2, 0.25) is 0 Å². The Hall–Kier alpha value is -1.55. The zero-order chi connectivity index (χ0) is 17.6. The van der Waals surface area contributed by atoms with Gasteiger partial charge in [-0.2, -0.15) is 0 Å². The van der Waals surface area contributed by atoms with Gasteiger partial charge in [0.25, 0.3) is 0 Å². The second-order valence-corrected chi connectivity index (χ2v) is 7.57. The molecule has 1 aliphatic heterocycles. The van der Waals surface area contributed by atoms with E-state index in [1.807, 2.05) is 17.9 Å². The average molecular weight is 332 g/mol. The summed E-state index contributed by atoms with van der Waals surface area (Å²) in [7, 11) is 0. The van der Waals surface area contributed by atoms with Crippen molar-refractivity contribution in [2.45, 2.75) is 52.0 Å². The minimum Gasteiger partial charge on any atom is -0.381 e. The van der Waals surface area contributed by atoms with Crippen molar-refractivity contribution in [3.63, 3.8) is 0 Å². The summed E-state index contributed by atoms with van der Waals surface area (Å²) in [5.41, 5.74) is 1.34. The third kappa shape index (κ3) is 5.23. The molecule has 0 saturated carbocycles. The van der Waals surface area contributed by atoms with Crippen LogP contribution in [0.5, 0.6) is 0 Å². The Balaban J connectivity index is 1.87. The van der Waals surface area contributed by atoms with Gasteiger partial charge >= 0.3 is 6.03 Å². The number of rotatable bonds is 7. The van der Waals surface area contributed by atoms with Crippen molar-refractivity contribution < 1.29 is 9.53 Å². The molecule has 4 heteroatoms. The number of nitrogens with one attached hydrogen (secondary N) is 1. The Morgan fingerprint density at radius 3 is 2.67 bits per heavy atom. The van der Waals surface area contributed by atoms with E-state index in [-0.39, 0.29) is 17.5 Å². The molecular weight excluding hydrogens is 300 g/mol. The zero-order valence-electron chi connectivity index (χ0n) is 15.5. The maximum atomic E-state index is 12.6. The maximum absolute atomic E-state index is 12.6. The predicted molar refractivity (Wildman–Crippen MR) is 98.3 cm³/mol. The van der Waals surface area contributed by atoms with Crippen LogP contribution in [0.4, 0.5) is 4.79 Å². The molecule has 2 atom stereocenters. The first-order chi connectivity index (χ1) is 11.4. The van der Waals surface area contributed by atoms with Gasteiger partial charge in [-0.15, -0.1) is 0 Å². The Bertz CT molecular complexity index is 510. The lowest BCUT2D eigenvalue weighted by Crippen LogP contribution is -2.47. The van der Waals surface area contributed by atoms with E-state index in [1.54, 1.807) is 0 Å². The minimum absolute atomic E-state index is 0.0320. The van der Waals surface area contributed by atoms with Crippen molar-refractivity contribution in [3.8, 4) is 0 Å². The van der Waals surface area contributed by atoms with Crippen LogP contribution in [0.15, 0.2) is 30.3 Å². The number of amides is 2. The largest absolute Gasteiger partial charge is 0.381 e. The fraction of sp³-hybridized carbons (Fsp3) is 0.650. The summed E-state index contributed by atoms with van der Waals surface area (Å²) in [5, 5.41) is 3.18. The second-order valence-electron chi connectivity index (χ2n) is 7.57. The molecule has 24 heavy (non-hydrogen) atoms. The van der Waals surface area contributed by atoms with E-state index in [0.29, 0.717) is 5.92 Å². The lowest BCUT2D eigenvalue weighted by atomic mass is 9.79. The van der Waals surface area contributed by atoms with Crippen molar-refractivity contribution in [2.24, 2.45) is 5.92 Å². The van der Waals surface area contributed by atoms with Crippen LogP contribution < -0.4 is 5.32 Å². The first-order valence-electron chi connectivity index (χ1n) is 9.11. The molecule has 1 N–H and O–H groups in total. The molecule has 2 amide bonds. The van der Waals surface area contributed by atoms with Gasteiger partial charge < -0.3 is 15.0 Å². The normalized spacial score (nSPS) is 19.1. The third-order valence-electron chi connectivity index (χ3n) is 4.91. The highest BCUT2D eigenvalue weighted by atomic mass is 16.5. The van der Waals surface area contributed by atoms with Crippen LogP contribution >= 0.6 is 0 Å². The van der Waals surface area contributed by atoms with Crippen LogP contribution in [0.25, 0.3) is 0 Å². The third-order valence-corrected chi connectivity index (χ3v) is 4.91. The van der Waals surface area contributed by atoms with Gasteiger partial charge in [-0.1, -0.05) is 44.2 Å². The van der Waals surface area contributed by atoms with Gasteiger partial charge in [0.1, 0.15) is 0 Å². The van der Waals surface area contributed by atoms with E-state index in [4.69, 9.17) is 4.74 Å². The predicted octanol–water partition coefficient (Wildman–Crippen LogP) is 3.81. The molecule has 1 heterocycles.